The zero-order valence-electron chi connectivity index (χ0n) is 8.58. The fourth-order valence-electron chi connectivity index (χ4n) is 1.73. The number of non-ortho nitro benzene ring substituents is 1. The maximum absolute atomic E-state index is 10.9. The summed E-state index contributed by atoms with van der Waals surface area (Å²) in [5.41, 5.74) is 5.27. The summed E-state index contributed by atoms with van der Waals surface area (Å²) < 4.78 is 0. The number of hydrogen-bond donors (Lipinski definition) is 2. The first kappa shape index (κ1) is 10.9. The molecular weight excluding hydrogens is 224 g/mol. The number of hydrogen-bond acceptors (Lipinski definition) is 4. The number of nitro groups is 1. The highest BCUT2D eigenvalue weighted by Gasteiger charge is 2.18. The van der Waals surface area contributed by atoms with Crippen molar-refractivity contribution < 1.29 is 14.8 Å². The van der Waals surface area contributed by atoms with Crippen LogP contribution >= 0.6 is 0 Å². The summed E-state index contributed by atoms with van der Waals surface area (Å²) in [4.78, 5) is 21.2. The summed E-state index contributed by atoms with van der Waals surface area (Å²) in [6, 6.07) is 7.31. The Morgan fingerprint density at radius 2 is 2.00 bits per heavy atom. The largest absolute Gasteiger partial charge is 0.478 e. The van der Waals surface area contributed by atoms with E-state index in [-0.39, 0.29) is 22.3 Å². The van der Waals surface area contributed by atoms with Crippen molar-refractivity contribution in [3.63, 3.8) is 0 Å². The van der Waals surface area contributed by atoms with Crippen molar-refractivity contribution in [2.75, 3.05) is 5.73 Å². The molecular formula is C11H8N2O4. The Labute approximate surface area is 95.4 Å². The van der Waals surface area contributed by atoms with Gasteiger partial charge in [0.15, 0.2) is 0 Å². The number of anilines is 1. The molecule has 0 atom stereocenters. The molecule has 6 heteroatoms. The lowest BCUT2D eigenvalue weighted by molar-refractivity contribution is -0.383. The van der Waals surface area contributed by atoms with Crippen molar-refractivity contribution in [1.82, 2.24) is 0 Å². The van der Waals surface area contributed by atoms with Crippen LogP contribution < -0.4 is 5.73 Å². The maximum atomic E-state index is 10.9. The van der Waals surface area contributed by atoms with Crippen LogP contribution in [0.2, 0.25) is 0 Å². The van der Waals surface area contributed by atoms with Gasteiger partial charge in [-0.25, -0.2) is 4.79 Å². The lowest BCUT2D eigenvalue weighted by Gasteiger charge is -2.06. The number of carboxylic acid groups (broad SMARTS) is 1. The van der Waals surface area contributed by atoms with Crippen molar-refractivity contribution in [2.45, 2.75) is 0 Å². The van der Waals surface area contributed by atoms with Gasteiger partial charge in [-0.05, 0) is 11.5 Å². The third-order valence-electron chi connectivity index (χ3n) is 2.49. The highest BCUT2D eigenvalue weighted by molar-refractivity contribution is 6.08. The van der Waals surface area contributed by atoms with Gasteiger partial charge in [0, 0.05) is 6.07 Å². The molecule has 0 fully saturated rings. The van der Waals surface area contributed by atoms with Crippen molar-refractivity contribution >= 4 is 28.1 Å². The topological polar surface area (TPSA) is 106 Å². The van der Waals surface area contributed by atoms with Gasteiger partial charge in [0.25, 0.3) is 5.69 Å². The van der Waals surface area contributed by atoms with Gasteiger partial charge in [-0.3, -0.25) is 10.1 Å². The molecule has 3 N–H and O–H groups in total. The second kappa shape index (κ2) is 3.75. The van der Waals surface area contributed by atoms with E-state index in [2.05, 4.69) is 0 Å². The molecule has 17 heavy (non-hydrogen) atoms. The number of rotatable bonds is 2. The third-order valence-corrected chi connectivity index (χ3v) is 2.49. The molecule has 0 aliphatic heterocycles. The van der Waals surface area contributed by atoms with Gasteiger partial charge in [-0.1, -0.05) is 18.2 Å². The average Bonchev–Trinajstić information content (AvgIpc) is 2.28. The van der Waals surface area contributed by atoms with E-state index in [4.69, 9.17) is 10.8 Å². The second-order valence-electron chi connectivity index (χ2n) is 3.46. The van der Waals surface area contributed by atoms with Gasteiger partial charge in [0.1, 0.15) is 0 Å². The highest BCUT2D eigenvalue weighted by atomic mass is 16.6. The zero-order valence-corrected chi connectivity index (χ0v) is 8.58. The monoisotopic (exact) mass is 232 g/mol. The predicted molar refractivity (Wildman–Crippen MR) is 62.0 cm³/mol. The first-order valence-corrected chi connectivity index (χ1v) is 4.71. The molecule has 86 valence electrons. The molecule has 0 heterocycles. The van der Waals surface area contributed by atoms with Crippen molar-refractivity contribution in [3.05, 3.63) is 46.0 Å². The Morgan fingerprint density at radius 1 is 1.29 bits per heavy atom. The Hall–Kier alpha value is -2.63. The molecule has 0 saturated carbocycles. The number of benzene rings is 2. The second-order valence-corrected chi connectivity index (χ2v) is 3.46. The van der Waals surface area contributed by atoms with Gasteiger partial charge >= 0.3 is 5.97 Å². The van der Waals surface area contributed by atoms with E-state index in [0.717, 1.165) is 0 Å². The Kier molecular flexibility index (Phi) is 2.40. The number of carbonyl (C=O) groups is 1. The van der Waals surface area contributed by atoms with Crippen molar-refractivity contribution in [2.24, 2.45) is 0 Å². The molecule has 6 nitrogen and oxygen atoms in total. The minimum atomic E-state index is -1.21. The van der Waals surface area contributed by atoms with Gasteiger partial charge in [0.05, 0.1) is 21.6 Å². The van der Waals surface area contributed by atoms with Crippen molar-refractivity contribution in [1.29, 1.82) is 0 Å². The Balaban J connectivity index is 2.91. The highest BCUT2D eigenvalue weighted by Crippen LogP contribution is 2.32. The number of nitrogens with two attached hydrogens (primary N) is 1. The number of fused-ring (bicyclic) bond motifs is 1. The maximum Gasteiger partial charge on any atom is 0.337 e. The van der Waals surface area contributed by atoms with Crippen LogP contribution in [0.1, 0.15) is 10.4 Å². The van der Waals surface area contributed by atoms with E-state index >= 15 is 0 Å². The van der Waals surface area contributed by atoms with E-state index in [0.29, 0.717) is 5.39 Å². The fourth-order valence-corrected chi connectivity index (χ4v) is 1.73. The molecule has 0 spiro atoms. The van der Waals surface area contributed by atoms with Crippen LogP contribution in [0.3, 0.4) is 0 Å². The predicted octanol–water partition coefficient (Wildman–Crippen LogP) is 2.03. The summed E-state index contributed by atoms with van der Waals surface area (Å²) in [6.45, 7) is 0. The smallest absolute Gasteiger partial charge is 0.337 e. The van der Waals surface area contributed by atoms with Crippen LogP contribution in [0, 0.1) is 10.1 Å². The molecule has 0 saturated heterocycles. The van der Waals surface area contributed by atoms with E-state index in [1.807, 2.05) is 0 Å². The van der Waals surface area contributed by atoms with Gasteiger partial charge in [-0.2, -0.15) is 0 Å². The fraction of sp³-hybridized carbons (Fsp3) is 0. The first-order chi connectivity index (χ1) is 8.02. The van der Waals surface area contributed by atoms with Crippen LogP contribution in [0.4, 0.5) is 11.4 Å². The number of nitrogens with zero attached hydrogens (tertiary/aromatic N) is 1. The van der Waals surface area contributed by atoms with Crippen LogP contribution in [0.25, 0.3) is 10.8 Å². The van der Waals surface area contributed by atoms with Crippen molar-refractivity contribution in [3.8, 4) is 0 Å². The third kappa shape index (κ3) is 1.65. The van der Waals surface area contributed by atoms with Gasteiger partial charge in [0.2, 0.25) is 0 Å². The summed E-state index contributed by atoms with van der Waals surface area (Å²) >= 11 is 0. The summed E-state index contributed by atoms with van der Waals surface area (Å²) in [6.07, 6.45) is 0. The van der Waals surface area contributed by atoms with Crippen LogP contribution in [-0.4, -0.2) is 16.0 Å². The van der Waals surface area contributed by atoms with E-state index in [1.54, 1.807) is 6.07 Å². The normalized spacial score (nSPS) is 10.4. The first-order valence-electron chi connectivity index (χ1n) is 4.71. The molecule has 2 aromatic carbocycles. The number of carboxylic acids is 1. The molecule has 2 rings (SSSR count). The number of aromatic carboxylic acids is 1. The van der Waals surface area contributed by atoms with E-state index in [9.17, 15) is 14.9 Å². The standard InChI is InChI=1S/C11H8N2O4/c12-10-7(11(14)15)5-4-6-2-1-3-8(9(6)10)13(16)17/h1-5H,12H2,(H,14,15). The van der Waals surface area contributed by atoms with E-state index in [1.165, 1.54) is 24.3 Å². The molecule has 2 aromatic rings. The summed E-state index contributed by atoms with van der Waals surface area (Å²) in [5, 5.41) is 20.5. The number of nitrogen functional groups attached to an aromatic ring is 1. The SMILES string of the molecule is Nc1c(C(=O)O)ccc2cccc([N+](=O)[O-])c12. The average molecular weight is 232 g/mol. The van der Waals surface area contributed by atoms with E-state index < -0.39 is 10.9 Å². The minimum Gasteiger partial charge on any atom is -0.478 e. The molecule has 0 bridgehead atoms. The zero-order chi connectivity index (χ0) is 12.6. The molecule has 0 aliphatic rings. The lowest BCUT2D eigenvalue weighted by atomic mass is 10.0. The Morgan fingerprint density at radius 3 is 2.59 bits per heavy atom. The minimum absolute atomic E-state index is 0.0812. The van der Waals surface area contributed by atoms with Crippen LogP contribution in [0.5, 0.6) is 0 Å². The van der Waals surface area contributed by atoms with Gasteiger partial charge < -0.3 is 10.8 Å². The number of nitro benzene ring substituents is 1. The summed E-state index contributed by atoms with van der Waals surface area (Å²) in [5.74, 6) is -1.21. The molecule has 0 unspecified atom stereocenters. The lowest BCUT2D eigenvalue weighted by Crippen LogP contribution is -2.03. The Bertz CT molecular complexity index is 637. The van der Waals surface area contributed by atoms with Crippen LogP contribution in [-0.2, 0) is 0 Å². The summed E-state index contributed by atoms with van der Waals surface area (Å²) in [7, 11) is 0. The molecule has 0 aliphatic carbocycles. The molecule has 0 aromatic heterocycles. The molecule has 0 amide bonds. The van der Waals surface area contributed by atoms with Crippen LogP contribution in [0.15, 0.2) is 30.3 Å². The molecule has 0 radical (unpaired) electrons. The quantitative estimate of drug-likeness (QED) is 0.468. The van der Waals surface area contributed by atoms with Gasteiger partial charge in [-0.15, -0.1) is 0 Å².